The van der Waals surface area contributed by atoms with Crippen molar-refractivity contribution in [3.63, 3.8) is 0 Å². The Morgan fingerprint density at radius 2 is 2.00 bits per heavy atom. The molecule has 3 rings (SSSR count). The fourth-order valence-electron chi connectivity index (χ4n) is 2.56. The third-order valence-corrected chi connectivity index (χ3v) is 4.35. The summed E-state index contributed by atoms with van der Waals surface area (Å²) in [5, 5.41) is 25.2. The Bertz CT molecular complexity index is 940. The predicted octanol–water partition coefficient (Wildman–Crippen LogP) is 2.94. The summed E-state index contributed by atoms with van der Waals surface area (Å²) in [6.45, 7) is 0. The van der Waals surface area contributed by atoms with Crippen LogP contribution < -0.4 is 9.47 Å². The number of hydrogen-bond donors (Lipinski definition) is 0. The van der Waals surface area contributed by atoms with E-state index in [0.29, 0.717) is 44.8 Å². The molecule has 0 radical (unpaired) electrons. The van der Waals surface area contributed by atoms with Crippen molar-refractivity contribution in [1.82, 2.24) is 9.61 Å². The number of ether oxygens (including phenoxy) is 1. The fraction of sp³-hybridized carbons (Fsp3) is 0.188. The maximum absolute atomic E-state index is 11.3. The van der Waals surface area contributed by atoms with E-state index in [1.54, 1.807) is 23.8 Å². The Labute approximate surface area is 148 Å². The van der Waals surface area contributed by atoms with Crippen LogP contribution in [-0.4, -0.2) is 16.7 Å². The van der Waals surface area contributed by atoms with Crippen LogP contribution in [0, 0.1) is 16.5 Å². The lowest BCUT2D eigenvalue weighted by atomic mass is 10.0. The minimum absolute atomic E-state index is 0.309. The topological polar surface area (TPSA) is 77.3 Å². The molecular formula is C16H12Cl2N4O2. The van der Waals surface area contributed by atoms with Gasteiger partial charge in [0.05, 0.1) is 12.6 Å². The zero-order chi connectivity index (χ0) is 17.3. The molecule has 0 unspecified atom stereocenters. The normalized spacial score (nSPS) is 10.8. The van der Waals surface area contributed by atoms with Gasteiger partial charge in [0.15, 0.2) is 18.1 Å². The molecule has 0 saturated heterocycles. The molecule has 0 saturated carbocycles. The Hall–Kier alpha value is -2.49. The van der Waals surface area contributed by atoms with Crippen molar-refractivity contribution < 1.29 is 9.47 Å². The SMILES string of the molecule is COc1ccc(CCc2c(Cl)c[n+]([O-])cc2Cl)c2cc(C#N)nn12. The molecule has 122 valence electrons. The summed E-state index contributed by atoms with van der Waals surface area (Å²) in [6, 6.07) is 7.43. The first-order valence-electron chi connectivity index (χ1n) is 7.06. The molecule has 6 nitrogen and oxygen atoms in total. The van der Waals surface area contributed by atoms with Crippen molar-refractivity contribution in [3.05, 3.63) is 62.7 Å². The number of methoxy groups -OCH3 is 1. The van der Waals surface area contributed by atoms with Gasteiger partial charge in [-0.2, -0.15) is 19.6 Å². The smallest absolute Gasteiger partial charge is 0.214 e. The van der Waals surface area contributed by atoms with Crippen LogP contribution in [0.15, 0.2) is 30.6 Å². The second-order valence-electron chi connectivity index (χ2n) is 5.13. The van der Waals surface area contributed by atoms with Crippen molar-refractivity contribution in [2.75, 3.05) is 7.11 Å². The molecule has 0 aliphatic carbocycles. The molecule has 0 fully saturated rings. The number of fused-ring (bicyclic) bond motifs is 1. The highest BCUT2D eigenvalue weighted by molar-refractivity contribution is 6.35. The average Bonchev–Trinajstić information content (AvgIpc) is 2.98. The maximum Gasteiger partial charge on any atom is 0.214 e. The molecule has 0 bridgehead atoms. The lowest BCUT2D eigenvalue weighted by Crippen LogP contribution is -2.25. The third kappa shape index (κ3) is 2.96. The summed E-state index contributed by atoms with van der Waals surface area (Å²) in [5.74, 6) is 0.540. The van der Waals surface area contributed by atoms with Crippen LogP contribution in [0.2, 0.25) is 10.0 Å². The number of rotatable bonds is 4. The van der Waals surface area contributed by atoms with Crippen LogP contribution in [0.1, 0.15) is 16.8 Å². The summed E-state index contributed by atoms with van der Waals surface area (Å²) in [6.07, 6.45) is 3.72. The molecule has 3 aromatic rings. The van der Waals surface area contributed by atoms with Gasteiger partial charge in [0.1, 0.15) is 16.1 Å². The van der Waals surface area contributed by atoms with Gasteiger partial charge in [0.25, 0.3) is 0 Å². The zero-order valence-electron chi connectivity index (χ0n) is 12.7. The number of aromatic nitrogens is 3. The first-order valence-corrected chi connectivity index (χ1v) is 7.81. The largest absolute Gasteiger partial charge is 0.619 e. The summed E-state index contributed by atoms with van der Waals surface area (Å²) >= 11 is 12.2. The van der Waals surface area contributed by atoms with Crippen molar-refractivity contribution in [2.45, 2.75) is 12.8 Å². The van der Waals surface area contributed by atoms with E-state index in [0.717, 1.165) is 11.1 Å². The quantitative estimate of drug-likeness (QED) is 0.528. The number of halogens is 2. The molecule has 0 N–H and O–H groups in total. The molecule has 0 spiro atoms. The predicted molar refractivity (Wildman–Crippen MR) is 89.3 cm³/mol. The van der Waals surface area contributed by atoms with E-state index in [1.165, 1.54) is 12.4 Å². The van der Waals surface area contributed by atoms with Gasteiger partial charge >= 0.3 is 0 Å². The molecule has 8 heteroatoms. The summed E-state index contributed by atoms with van der Waals surface area (Å²) in [4.78, 5) is 0. The van der Waals surface area contributed by atoms with Crippen LogP contribution in [0.4, 0.5) is 0 Å². The van der Waals surface area contributed by atoms with E-state index in [1.807, 2.05) is 12.1 Å². The molecular weight excluding hydrogens is 351 g/mol. The number of pyridine rings is 2. The lowest BCUT2D eigenvalue weighted by Gasteiger charge is -2.09. The van der Waals surface area contributed by atoms with Gasteiger partial charge in [-0.3, -0.25) is 0 Å². The van der Waals surface area contributed by atoms with Crippen LogP contribution in [0.25, 0.3) is 5.52 Å². The minimum Gasteiger partial charge on any atom is -0.619 e. The molecule has 3 heterocycles. The average molecular weight is 363 g/mol. The Kier molecular flexibility index (Phi) is 4.47. The van der Waals surface area contributed by atoms with Gasteiger partial charge in [-0.05, 0) is 18.4 Å². The van der Waals surface area contributed by atoms with Crippen LogP contribution in [0.3, 0.4) is 0 Å². The van der Waals surface area contributed by atoms with Crippen molar-refractivity contribution in [2.24, 2.45) is 0 Å². The number of hydrogen-bond acceptors (Lipinski definition) is 4. The van der Waals surface area contributed by atoms with Crippen LogP contribution in [0.5, 0.6) is 5.88 Å². The fourth-order valence-corrected chi connectivity index (χ4v) is 3.19. The zero-order valence-corrected chi connectivity index (χ0v) is 14.2. The van der Waals surface area contributed by atoms with Gasteiger partial charge in [-0.15, -0.1) is 0 Å². The van der Waals surface area contributed by atoms with E-state index >= 15 is 0 Å². The molecule has 24 heavy (non-hydrogen) atoms. The van der Waals surface area contributed by atoms with E-state index in [9.17, 15) is 5.21 Å². The van der Waals surface area contributed by atoms with Crippen molar-refractivity contribution >= 4 is 28.7 Å². The number of nitrogens with zero attached hydrogens (tertiary/aromatic N) is 4. The second kappa shape index (κ2) is 6.56. The first-order chi connectivity index (χ1) is 11.5. The van der Waals surface area contributed by atoms with Gasteiger partial charge in [0.2, 0.25) is 5.88 Å². The van der Waals surface area contributed by atoms with Gasteiger partial charge in [-0.25, -0.2) is 0 Å². The lowest BCUT2D eigenvalue weighted by molar-refractivity contribution is -0.605. The summed E-state index contributed by atoms with van der Waals surface area (Å²) < 4.78 is 7.44. The standard InChI is InChI=1S/C16H12Cl2N4O2/c1-24-16-5-3-10(15-6-11(7-19)20-22(15)16)2-4-12-13(17)8-21(23)9-14(12)18/h3,5-6,8-9H,2,4H2,1H3. The van der Waals surface area contributed by atoms with Gasteiger partial charge < -0.3 is 9.94 Å². The van der Waals surface area contributed by atoms with Gasteiger partial charge in [0, 0.05) is 17.7 Å². The highest BCUT2D eigenvalue weighted by atomic mass is 35.5. The maximum atomic E-state index is 11.3. The highest BCUT2D eigenvalue weighted by Gasteiger charge is 2.14. The number of nitriles is 1. The first kappa shape index (κ1) is 16.4. The highest BCUT2D eigenvalue weighted by Crippen LogP contribution is 2.26. The van der Waals surface area contributed by atoms with Crippen LogP contribution >= 0.6 is 23.2 Å². The Morgan fingerprint density at radius 3 is 2.62 bits per heavy atom. The third-order valence-electron chi connectivity index (χ3n) is 3.70. The van der Waals surface area contributed by atoms with E-state index in [2.05, 4.69) is 5.10 Å². The van der Waals surface area contributed by atoms with Crippen LogP contribution in [-0.2, 0) is 12.8 Å². The number of aryl methyl sites for hydroxylation is 1. The van der Waals surface area contributed by atoms with E-state index < -0.39 is 0 Å². The van der Waals surface area contributed by atoms with E-state index in [-0.39, 0.29) is 0 Å². The monoisotopic (exact) mass is 362 g/mol. The van der Waals surface area contributed by atoms with Gasteiger partial charge in [-0.1, -0.05) is 29.3 Å². The molecule has 0 atom stereocenters. The van der Waals surface area contributed by atoms with E-state index in [4.69, 9.17) is 33.2 Å². The minimum atomic E-state index is 0.309. The molecule has 0 amide bonds. The second-order valence-corrected chi connectivity index (χ2v) is 5.95. The van der Waals surface area contributed by atoms with Crippen molar-refractivity contribution in [1.29, 1.82) is 5.26 Å². The summed E-state index contributed by atoms with van der Waals surface area (Å²) in [5.41, 5.74) is 2.77. The molecule has 0 aromatic carbocycles. The molecule has 3 aromatic heterocycles. The molecule has 0 aliphatic heterocycles. The summed E-state index contributed by atoms with van der Waals surface area (Å²) in [7, 11) is 1.55. The van der Waals surface area contributed by atoms with Crippen molar-refractivity contribution in [3.8, 4) is 11.9 Å². The Balaban J connectivity index is 1.97. The molecule has 0 aliphatic rings. The Morgan fingerprint density at radius 1 is 1.29 bits per heavy atom.